The summed E-state index contributed by atoms with van der Waals surface area (Å²) >= 11 is 0. The fourth-order valence-corrected chi connectivity index (χ4v) is 2.19. The Morgan fingerprint density at radius 1 is 1.11 bits per heavy atom. The third-order valence-corrected chi connectivity index (χ3v) is 3.29. The maximum atomic E-state index is 9.98. The maximum absolute atomic E-state index is 9.98. The molecule has 1 aliphatic rings. The number of aliphatic hydroxyl groups is 1. The van der Waals surface area contributed by atoms with Crippen molar-refractivity contribution in [3.05, 3.63) is 0 Å². The van der Waals surface area contributed by atoms with E-state index in [9.17, 15) is 5.11 Å². The summed E-state index contributed by atoms with van der Waals surface area (Å²) in [4.78, 5) is 14.7. The summed E-state index contributed by atoms with van der Waals surface area (Å²) in [6.07, 6.45) is 3.66. The molecule has 1 fully saturated rings. The van der Waals surface area contributed by atoms with Crippen molar-refractivity contribution in [3.8, 4) is 0 Å². The van der Waals surface area contributed by atoms with Crippen molar-refractivity contribution in [1.29, 1.82) is 0 Å². The van der Waals surface area contributed by atoms with E-state index in [-0.39, 0.29) is 12.1 Å². The number of nitrogens with one attached hydrogen (secondary N) is 2. The summed E-state index contributed by atoms with van der Waals surface area (Å²) in [7, 11) is 5.54. The first kappa shape index (κ1) is 13.8. The highest BCUT2D eigenvalue weighted by molar-refractivity contribution is 5.43. The van der Waals surface area contributed by atoms with Crippen molar-refractivity contribution in [2.75, 3.05) is 36.7 Å². The highest BCUT2D eigenvalue weighted by Gasteiger charge is 2.24. The lowest BCUT2D eigenvalue weighted by molar-refractivity contribution is 0.116. The summed E-state index contributed by atoms with van der Waals surface area (Å²) < 4.78 is 0. The van der Waals surface area contributed by atoms with Gasteiger partial charge in [-0.2, -0.15) is 15.0 Å². The largest absolute Gasteiger partial charge is 0.391 e. The molecular formula is C12H22N6O. The second kappa shape index (κ2) is 6.01. The third-order valence-electron chi connectivity index (χ3n) is 3.29. The Morgan fingerprint density at radius 2 is 1.79 bits per heavy atom. The van der Waals surface area contributed by atoms with Crippen LogP contribution < -0.4 is 15.5 Å². The van der Waals surface area contributed by atoms with Crippen LogP contribution in [-0.4, -0.2) is 53.3 Å². The Hall–Kier alpha value is -1.63. The van der Waals surface area contributed by atoms with Crippen LogP contribution in [0.15, 0.2) is 0 Å². The highest BCUT2D eigenvalue weighted by Crippen LogP contribution is 2.21. The Kier molecular flexibility index (Phi) is 4.36. The molecule has 7 heteroatoms. The Labute approximate surface area is 113 Å². The van der Waals surface area contributed by atoms with Crippen LogP contribution in [0.25, 0.3) is 0 Å². The minimum atomic E-state index is -0.327. The van der Waals surface area contributed by atoms with Crippen molar-refractivity contribution < 1.29 is 5.11 Å². The summed E-state index contributed by atoms with van der Waals surface area (Å²) in [6, 6.07) is 0.0240. The second-order valence-electron chi connectivity index (χ2n) is 5.03. The first-order valence-corrected chi connectivity index (χ1v) is 6.66. The number of hydrogen-bond donors (Lipinski definition) is 3. The molecule has 0 amide bonds. The van der Waals surface area contributed by atoms with Gasteiger partial charge >= 0.3 is 0 Å². The number of aromatic nitrogens is 3. The SMILES string of the molecule is CNc1nc(NC2CCCCC2O)nc(N(C)C)n1. The van der Waals surface area contributed by atoms with Gasteiger partial charge in [0.05, 0.1) is 12.1 Å². The molecule has 0 bridgehead atoms. The van der Waals surface area contributed by atoms with Crippen LogP contribution in [0, 0.1) is 0 Å². The minimum absolute atomic E-state index is 0.0240. The fourth-order valence-electron chi connectivity index (χ4n) is 2.19. The zero-order valence-electron chi connectivity index (χ0n) is 11.7. The Balaban J connectivity index is 2.16. The predicted octanol–water partition coefficient (Wildman–Crippen LogP) is 0.695. The van der Waals surface area contributed by atoms with E-state index in [4.69, 9.17) is 0 Å². The molecule has 0 saturated heterocycles. The van der Waals surface area contributed by atoms with E-state index in [1.54, 1.807) is 7.05 Å². The van der Waals surface area contributed by atoms with Gasteiger partial charge in [0.15, 0.2) is 0 Å². The van der Waals surface area contributed by atoms with Crippen molar-refractivity contribution >= 4 is 17.8 Å². The van der Waals surface area contributed by atoms with E-state index in [0.717, 1.165) is 25.7 Å². The van der Waals surface area contributed by atoms with Crippen molar-refractivity contribution in [1.82, 2.24) is 15.0 Å². The summed E-state index contributed by atoms with van der Waals surface area (Å²) in [5.74, 6) is 1.62. The second-order valence-corrected chi connectivity index (χ2v) is 5.03. The molecule has 19 heavy (non-hydrogen) atoms. The van der Waals surface area contributed by atoms with Crippen LogP contribution >= 0.6 is 0 Å². The van der Waals surface area contributed by atoms with Crippen LogP contribution in [0.2, 0.25) is 0 Å². The molecule has 1 heterocycles. The molecule has 0 spiro atoms. The molecule has 1 saturated carbocycles. The van der Waals surface area contributed by atoms with Crippen molar-refractivity contribution in [2.45, 2.75) is 37.8 Å². The fraction of sp³-hybridized carbons (Fsp3) is 0.750. The lowest BCUT2D eigenvalue weighted by Gasteiger charge is -2.28. The first-order chi connectivity index (χ1) is 9.10. The molecule has 1 aliphatic carbocycles. The van der Waals surface area contributed by atoms with Crippen molar-refractivity contribution in [2.24, 2.45) is 0 Å². The summed E-state index contributed by atoms with van der Waals surface area (Å²) in [5, 5.41) is 16.1. The predicted molar refractivity (Wildman–Crippen MR) is 75.6 cm³/mol. The number of nitrogens with zero attached hydrogens (tertiary/aromatic N) is 4. The average molecular weight is 266 g/mol. The standard InChI is InChI=1S/C12H22N6O/c1-13-10-15-11(17-12(16-10)18(2)3)14-8-6-4-5-7-9(8)19/h8-9,19H,4-7H2,1-3H3,(H2,13,14,15,16,17). The lowest BCUT2D eigenvalue weighted by atomic mass is 9.93. The molecule has 1 aromatic rings. The van der Waals surface area contributed by atoms with Crippen molar-refractivity contribution in [3.63, 3.8) is 0 Å². The molecule has 2 unspecified atom stereocenters. The van der Waals surface area contributed by atoms with E-state index >= 15 is 0 Å². The molecule has 2 atom stereocenters. The zero-order valence-corrected chi connectivity index (χ0v) is 11.7. The van der Waals surface area contributed by atoms with Gasteiger partial charge in [-0.05, 0) is 12.8 Å². The van der Waals surface area contributed by atoms with Gasteiger partial charge in [-0.15, -0.1) is 0 Å². The number of anilines is 3. The average Bonchev–Trinajstić information content (AvgIpc) is 2.41. The molecule has 1 aromatic heterocycles. The Morgan fingerprint density at radius 3 is 2.42 bits per heavy atom. The van der Waals surface area contributed by atoms with Gasteiger partial charge in [-0.1, -0.05) is 12.8 Å². The van der Waals surface area contributed by atoms with E-state index < -0.39 is 0 Å². The monoisotopic (exact) mass is 266 g/mol. The number of rotatable bonds is 4. The van der Waals surface area contributed by atoms with Gasteiger partial charge in [0.1, 0.15) is 0 Å². The van der Waals surface area contributed by atoms with Crippen LogP contribution in [0.3, 0.4) is 0 Å². The lowest BCUT2D eigenvalue weighted by Crippen LogP contribution is -2.37. The highest BCUT2D eigenvalue weighted by atomic mass is 16.3. The molecule has 3 N–H and O–H groups in total. The summed E-state index contributed by atoms with van der Waals surface area (Å²) in [6.45, 7) is 0. The smallest absolute Gasteiger partial charge is 0.231 e. The van der Waals surface area contributed by atoms with Gasteiger partial charge in [0.2, 0.25) is 17.8 Å². The molecule has 0 radical (unpaired) electrons. The number of aliphatic hydroxyl groups excluding tert-OH is 1. The van der Waals surface area contributed by atoms with Gasteiger partial charge in [-0.3, -0.25) is 0 Å². The molecule has 2 rings (SSSR count). The molecule has 106 valence electrons. The van der Waals surface area contributed by atoms with Crippen LogP contribution in [-0.2, 0) is 0 Å². The zero-order chi connectivity index (χ0) is 13.8. The summed E-state index contributed by atoms with van der Waals surface area (Å²) in [5.41, 5.74) is 0. The molecular weight excluding hydrogens is 244 g/mol. The van der Waals surface area contributed by atoms with Gasteiger partial charge in [-0.25, -0.2) is 0 Å². The van der Waals surface area contributed by atoms with Gasteiger partial charge < -0.3 is 20.6 Å². The van der Waals surface area contributed by atoms with Crippen LogP contribution in [0.4, 0.5) is 17.8 Å². The van der Waals surface area contributed by atoms with Crippen LogP contribution in [0.1, 0.15) is 25.7 Å². The normalized spacial score (nSPS) is 22.9. The molecule has 7 nitrogen and oxygen atoms in total. The minimum Gasteiger partial charge on any atom is -0.391 e. The third kappa shape index (κ3) is 3.44. The molecule has 0 aliphatic heterocycles. The van der Waals surface area contributed by atoms with Gasteiger partial charge in [0, 0.05) is 21.1 Å². The maximum Gasteiger partial charge on any atom is 0.231 e. The number of hydrogen-bond acceptors (Lipinski definition) is 7. The topological polar surface area (TPSA) is 86.2 Å². The van der Waals surface area contributed by atoms with E-state index in [0.29, 0.717) is 17.8 Å². The quantitative estimate of drug-likeness (QED) is 0.739. The van der Waals surface area contributed by atoms with E-state index in [1.807, 2.05) is 19.0 Å². The first-order valence-electron chi connectivity index (χ1n) is 6.66. The van der Waals surface area contributed by atoms with E-state index in [2.05, 4.69) is 25.6 Å². The molecule has 0 aromatic carbocycles. The van der Waals surface area contributed by atoms with Crippen LogP contribution in [0.5, 0.6) is 0 Å². The van der Waals surface area contributed by atoms with E-state index in [1.165, 1.54) is 0 Å². The van der Waals surface area contributed by atoms with Gasteiger partial charge in [0.25, 0.3) is 0 Å². The Bertz CT molecular complexity index is 425.